The molecule has 0 saturated carbocycles. The van der Waals surface area contributed by atoms with Crippen molar-refractivity contribution in [3.8, 4) is 0 Å². The van der Waals surface area contributed by atoms with E-state index in [1.165, 1.54) is 60.7 Å². The number of nitrogen functional groups attached to an aromatic ring is 1. The zero-order valence-electron chi connectivity index (χ0n) is 26.5. The molecule has 0 aliphatic carbocycles. The Morgan fingerprint density at radius 1 is 0.549 bits per heavy atom. The van der Waals surface area contributed by atoms with Gasteiger partial charge in [0, 0.05) is 50.2 Å². The van der Waals surface area contributed by atoms with Gasteiger partial charge in [-0.1, -0.05) is 42.5 Å². The Labute approximate surface area is 291 Å². The summed E-state index contributed by atoms with van der Waals surface area (Å²) in [6.07, 6.45) is 0. The molecule has 13 nitrogen and oxygen atoms in total. The highest BCUT2D eigenvalue weighted by atomic mass is 32.2. The van der Waals surface area contributed by atoms with Gasteiger partial charge in [0.25, 0.3) is 38.0 Å². The molecule has 0 radical (unpaired) electrons. The smallest absolute Gasteiger partial charge is 0.294 e. The minimum Gasteiger partial charge on any atom is -0.398 e. The van der Waals surface area contributed by atoms with E-state index >= 15 is 0 Å². The van der Waals surface area contributed by atoms with E-state index in [1.54, 1.807) is 55.5 Å². The first-order valence-electron chi connectivity index (χ1n) is 15.0. The summed E-state index contributed by atoms with van der Waals surface area (Å²) in [5.41, 5.74) is 8.05. The molecule has 258 valence electrons. The first kappa shape index (κ1) is 34.7. The van der Waals surface area contributed by atoms with Crippen LogP contribution in [0, 0.1) is 6.92 Å². The van der Waals surface area contributed by atoms with Crippen LogP contribution in [0.1, 0.15) is 36.6 Å². The Bertz CT molecular complexity index is 2510. The SMILES string of the molecule is Cc1ccc(C(=O)Nc2cc(C(=O)Nc3cccc4cc(S(=O)(=O)O)ccc34)cc(C(=O)Nc3cccc4cc(S(=O)(=O)O)ccc34)c2)cc1N. The molecule has 0 saturated heterocycles. The van der Waals surface area contributed by atoms with Crippen molar-refractivity contribution < 1.29 is 40.3 Å². The highest BCUT2D eigenvalue weighted by Gasteiger charge is 2.19. The van der Waals surface area contributed by atoms with Crippen molar-refractivity contribution in [1.82, 2.24) is 0 Å². The molecule has 7 N–H and O–H groups in total. The molecule has 6 rings (SSSR count). The lowest BCUT2D eigenvalue weighted by Crippen LogP contribution is -2.18. The fourth-order valence-electron chi connectivity index (χ4n) is 5.40. The summed E-state index contributed by atoms with van der Waals surface area (Å²) in [7, 11) is -8.94. The molecule has 3 amide bonds. The van der Waals surface area contributed by atoms with Crippen LogP contribution >= 0.6 is 0 Å². The minimum atomic E-state index is -4.47. The van der Waals surface area contributed by atoms with Crippen molar-refractivity contribution in [2.45, 2.75) is 16.7 Å². The number of nitrogens with one attached hydrogen (secondary N) is 3. The van der Waals surface area contributed by atoms with Crippen molar-refractivity contribution in [3.05, 3.63) is 131 Å². The van der Waals surface area contributed by atoms with Crippen molar-refractivity contribution >= 4 is 82.3 Å². The Morgan fingerprint density at radius 3 is 1.47 bits per heavy atom. The lowest BCUT2D eigenvalue weighted by atomic mass is 10.0. The van der Waals surface area contributed by atoms with E-state index in [9.17, 15) is 40.3 Å². The van der Waals surface area contributed by atoms with Gasteiger partial charge in [-0.15, -0.1) is 0 Å². The van der Waals surface area contributed by atoms with Crippen molar-refractivity contribution in [3.63, 3.8) is 0 Å². The number of aryl methyl sites for hydroxylation is 1. The van der Waals surface area contributed by atoms with Gasteiger partial charge in [-0.25, -0.2) is 0 Å². The number of amides is 3. The zero-order chi connectivity index (χ0) is 36.7. The molecule has 6 aromatic carbocycles. The number of rotatable bonds is 8. The topological polar surface area (TPSA) is 222 Å². The molecule has 0 atom stereocenters. The zero-order valence-corrected chi connectivity index (χ0v) is 28.2. The van der Waals surface area contributed by atoms with E-state index in [0.717, 1.165) is 5.56 Å². The molecular weight excluding hydrogens is 697 g/mol. The van der Waals surface area contributed by atoms with Gasteiger partial charge in [0.2, 0.25) is 0 Å². The summed E-state index contributed by atoms with van der Waals surface area (Å²) in [4.78, 5) is 40.0. The van der Waals surface area contributed by atoms with Crippen LogP contribution in [0.4, 0.5) is 22.7 Å². The van der Waals surface area contributed by atoms with Gasteiger partial charge < -0.3 is 21.7 Å². The van der Waals surface area contributed by atoms with Gasteiger partial charge in [0.15, 0.2) is 0 Å². The number of nitrogens with two attached hydrogens (primary N) is 1. The van der Waals surface area contributed by atoms with E-state index in [4.69, 9.17) is 5.73 Å². The number of hydrogen-bond donors (Lipinski definition) is 6. The Balaban J connectivity index is 1.36. The van der Waals surface area contributed by atoms with Crippen LogP contribution in [0.5, 0.6) is 0 Å². The molecule has 0 aromatic heterocycles. The van der Waals surface area contributed by atoms with Crippen LogP contribution < -0.4 is 21.7 Å². The van der Waals surface area contributed by atoms with Crippen LogP contribution in [-0.4, -0.2) is 43.7 Å². The molecule has 0 spiro atoms. The third-order valence-electron chi connectivity index (χ3n) is 8.05. The Morgan fingerprint density at radius 2 is 1.02 bits per heavy atom. The van der Waals surface area contributed by atoms with Crippen molar-refractivity contribution in [1.29, 1.82) is 0 Å². The highest BCUT2D eigenvalue weighted by Crippen LogP contribution is 2.29. The number of carbonyl (C=O) groups is 3. The Hall–Kier alpha value is -6.13. The first-order chi connectivity index (χ1) is 24.1. The standard InChI is InChI=1S/C36H28N4O9S2/c1-20-8-9-23(19-31(20)37)34(41)38-26-15-24(35(42)39-32-6-2-4-21-17-27(50(44,45)46)10-12-29(21)32)14-25(16-26)36(43)40-33-7-3-5-22-18-28(51(47,48)49)11-13-30(22)33/h2-19H,37H2,1H3,(H,38,41)(H,39,42)(H,40,43)(H,44,45,46)(H,47,48,49). The quantitative estimate of drug-likeness (QED) is 0.0778. The second kappa shape index (κ2) is 13.3. The van der Waals surface area contributed by atoms with E-state index in [0.29, 0.717) is 38.6 Å². The summed E-state index contributed by atoms with van der Waals surface area (Å²) in [5, 5.41) is 9.99. The van der Waals surface area contributed by atoms with Gasteiger partial charge in [-0.05, 0) is 90.0 Å². The largest absolute Gasteiger partial charge is 0.398 e. The molecule has 6 aromatic rings. The predicted molar refractivity (Wildman–Crippen MR) is 193 cm³/mol. The molecule has 0 aliphatic heterocycles. The van der Waals surface area contributed by atoms with Crippen LogP contribution in [0.15, 0.2) is 119 Å². The first-order valence-corrected chi connectivity index (χ1v) is 17.9. The highest BCUT2D eigenvalue weighted by molar-refractivity contribution is 7.86. The molecule has 0 fully saturated rings. The van der Waals surface area contributed by atoms with Gasteiger partial charge in [0.05, 0.1) is 9.79 Å². The Kier molecular flexibility index (Phi) is 9.05. The van der Waals surface area contributed by atoms with E-state index in [-0.39, 0.29) is 32.2 Å². The van der Waals surface area contributed by atoms with E-state index in [1.807, 2.05) is 0 Å². The normalized spacial score (nSPS) is 11.7. The van der Waals surface area contributed by atoms with Gasteiger partial charge in [-0.3, -0.25) is 23.5 Å². The second-order valence-corrected chi connectivity index (χ2v) is 14.4. The fourth-order valence-corrected chi connectivity index (χ4v) is 6.43. The van der Waals surface area contributed by atoms with Crippen LogP contribution in [0.2, 0.25) is 0 Å². The van der Waals surface area contributed by atoms with Gasteiger partial charge in [-0.2, -0.15) is 16.8 Å². The van der Waals surface area contributed by atoms with Crippen molar-refractivity contribution in [2.24, 2.45) is 0 Å². The molecule has 0 aliphatic rings. The predicted octanol–water partition coefficient (Wildman–Crippen LogP) is 6.13. The molecule has 0 unspecified atom stereocenters. The van der Waals surface area contributed by atoms with Gasteiger partial charge in [0.1, 0.15) is 0 Å². The third-order valence-corrected chi connectivity index (χ3v) is 9.75. The number of anilines is 4. The minimum absolute atomic E-state index is 0.0244. The van der Waals surface area contributed by atoms with Crippen LogP contribution in [0.25, 0.3) is 21.5 Å². The molecular formula is C36H28N4O9S2. The maximum Gasteiger partial charge on any atom is 0.294 e. The van der Waals surface area contributed by atoms with Crippen LogP contribution in [-0.2, 0) is 20.2 Å². The third kappa shape index (κ3) is 7.56. The summed E-state index contributed by atoms with van der Waals surface area (Å²) >= 11 is 0. The summed E-state index contributed by atoms with van der Waals surface area (Å²) in [6.45, 7) is 1.79. The number of fused-ring (bicyclic) bond motifs is 2. The number of hydrogen-bond acceptors (Lipinski definition) is 8. The van der Waals surface area contributed by atoms with E-state index in [2.05, 4.69) is 16.0 Å². The summed E-state index contributed by atoms with van der Waals surface area (Å²) in [6, 6.07) is 26.1. The van der Waals surface area contributed by atoms with Gasteiger partial charge >= 0.3 is 0 Å². The average molecular weight is 725 g/mol. The van der Waals surface area contributed by atoms with Crippen LogP contribution in [0.3, 0.4) is 0 Å². The lowest BCUT2D eigenvalue weighted by molar-refractivity contribution is 0.101. The fraction of sp³-hybridized carbons (Fsp3) is 0.0278. The molecule has 15 heteroatoms. The summed E-state index contributed by atoms with van der Waals surface area (Å²) in [5.74, 6) is -1.90. The number of carbonyl (C=O) groups excluding carboxylic acids is 3. The summed E-state index contributed by atoms with van der Waals surface area (Å²) < 4.78 is 65.5. The second-order valence-electron chi connectivity index (χ2n) is 11.6. The lowest BCUT2D eigenvalue weighted by Gasteiger charge is -2.14. The molecule has 51 heavy (non-hydrogen) atoms. The monoisotopic (exact) mass is 724 g/mol. The number of benzene rings is 6. The maximum atomic E-state index is 13.7. The maximum absolute atomic E-state index is 13.7. The molecule has 0 bridgehead atoms. The average Bonchev–Trinajstić information content (AvgIpc) is 3.08. The molecule has 0 heterocycles. The van der Waals surface area contributed by atoms with E-state index < -0.39 is 38.0 Å². The van der Waals surface area contributed by atoms with Crippen molar-refractivity contribution in [2.75, 3.05) is 21.7 Å².